The van der Waals surface area contributed by atoms with Crippen LogP contribution in [0.5, 0.6) is 0 Å². The van der Waals surface area contributed by atoms with Crippen LogP contribution in [-0.4, -0.2) is 11.9 Å². The van der Waals surface area contributed by atoms with E-state index in [0.717, 1.165) is 16.6 Å². The largest absolute Gasteiger partial charge is 0.298 e. The van der Waals surface area contributed by atoms with Gasteiger partial charge in [-0.25, -0.2) is 4.39 Å². The summed E-state index contributed by atoms with van der Waals surface area (Å²) in [5.41, 5.74) is 2.10. The van der Waals surface area contributed by atoms with Gasteiger partial charge in [0, 0.05) is 23.1 Å². The van der Waals surface area contributed by atoms with Crippen LogP contribution in [0.2, 0.25) is 0 Å². The molecule has 0 aliphatic rings. The number of benzene rings is 2. The summed E-state index contributed by atoms with van der Waals surface area (Å²) in [6.45, 7) is 1.22. The molecule has 0 spiro atoms. The highest BCUT2D eigenvalue weighted by Gasteiger charge is 2.08. The number of hydrogen-bond donors (Lipinski definition) is 0. The van der Waals surface area contributed by atoms with E-state index in [1.165, 1.54) is 6.07 Å². The fourth-order valence-corrected chi connectivity index (χ4v) is 2.42. The number of nitriles is 1. The zero-order valence-electron chi connectivity index (χ0n) is 11.1. The van der Waals surface area contributed by atoms with E-state index in [-0.39, 0.29) is 5.82 Å². The van der Waals surface area contributed by atoms with Gasteiger partial charge >= 0.3 is 0 Å². The Morgan fingerprint density at radius 3 is 2.50 bits per heavy atom. The minimum Gasteiger partial charge on any atom is -0.298 e. The van der Waals surface area contributed by atoms with Crippen molar-refractivity contribution in [3.8, 4) is 6.07 Å². The Morgan fingerprint density at radius 2 is 1.85 bits per heavy atom. The molecule has 0 aliphatic carbocycles. The first kappa shape index (κ1) is 14.7. The van der Waals surface area contributed by atoms with Crippen molar-refractivity contribution in [3.05, 3.63) is 69.4 Å². The van der Waals surface area contributed by atoms with Gasteiger partial charge in [-0.3, -0.25) is 4.90 Å². The molecule has 0 aliphatic heterocycles. The summed E-state index contributed by atoms with van der Waals surface area (Å²) in [5, 5.41) is 8.73. The first-order chi connectivity index (χ1) is 9.60. The van der Waals surface area contributed by atoms with Crippen LogP contribution < -0.4 is 0 Å². The number of hydrogen-bond acceptors (Lipinski definition) is 2. The van der Waals surface area contributed by atoms with Crippen LogP contribution in [0.25, 0.3) is 0 Å². The van der Waals surface area contributed by atoms with Crippen molar-refractivity contribution in [2.75, 3.05) is 7.05 Å². The fourth-order valence-electron chi connectivity index (χ4n) is 2.01. The van der Waals surface area contributed by atoms with E-state index in [1.54, 1.807) is 12.1 Å². The molecule has 102 valence electrons. The zero-order chi connectivity index (χ0) is 14.5. The second kappa shape index (κ2) is 6.65. The highest BCUT2D eigenvalue weighted by molar-refractivity contribution is 9.10. The molecule has 0 aromatic heterocycles. The third-order valence-electron chi connectivity index (χ3n) is 3.02. The molecule has 2 aromatic carbocycles. The molecule has 0 atom stereocenters. The summed E-state index contributed by atoms with van der Waals surface area (Å²) in [7, 11) is 1.94. The van der Waals surface area contributed by atoms with Gasteiger partial charge in [0.1, 0.15) is 5.82 Å². The SMILES string of the molecule is CN(Cc1ccc(C#N)cc1F)Cc1ccccc1Br. The Kier molecular flexibility index (Phi) is 4.89. The van der Waals surface area contributed by atoms with E-state index in [1.807, 2.05) is 42.3 Å². The summed E-state index contributed by atoms with van der Waals surface area (Å²) in [6, 6.07) is 14.5. The van der Waals surface area contributed by atoms with Gasteiger partial charge < -0.3 is 0 Å². The molecule has 2 aromatic rings. The monoisotopic (exact) mass is 332 g/mol. The highest BCUT2D eigenvalue weighted by Crippen LogP contribution is 2.19. The number of halogens is 2. The van der Waals surface area contributed by atoms with Crippen molar-refractivity contribution in [1.29, 1.82) is 5.26 Å². The topological polar surface area (TPSA) is 27.0 Å². The molecule has 0 amide bonds. The van der Waals surface area contributed by atoms with Crippen molar-refractivity contribution < 1.29 is 4.39 Å². The first-order valence-electron chi connectivity index (χ1n) is 6.20. The summed E-state index contributed by atoms with van der Waals surface area (Å²) in [5.74, 6) is -0.331. The molecule has 4 heteroatoms. The quantitative estimate of drug-likeness (QED) is 0.843. The summed E-state index contributed by atoms with van der Waals surface area (Å²) in [6.07, 6.45) is 0. The van der Waals surface area contributed by atoms with Crippen LogP contribution in [0, 0.1) is 17.1 Å². The second-order valence-electron chi connectivity index (χ2n) is 4.68. The molecule has 0 saturated heterocycles. The van der Waals surface area contributed by atoms with Crippen LogP contribution in [0.1, 0.15) is 16.7 Å². The smallest absolute Gasteiger partial charge is 0.129 e. The predicted molar refractivity (Wildman–Crippen MR) is 80.4 cm³/mol. The standard InChI is InChI=1S/C16H14BrFN2/c1-20(10-13-4-2-3-5-15(13)17)11-14-7-6-12(9-19)8-16(14)18/h2-8H,10-11H2,1H3. The number of rotatable bonds is 4. The van der Waals surface area contributed by atoms with E-state index in [0.29, 0.717) is 17.7 Å². The molecule has 0 radical (unpaired) electrons. The maximum absolute atomic E-state index is 13.8. The molecule has 0 saturated carbocycles. The van der Waals surface area contributed by atoms with Crippen molar-refractivity contribution in [2.45, 2.75) is 13.1 Å². The van der Waals surface area contributed by atoms with Crippen LogP contribution in [-0.2, 0) is 13.1 Å². The van der Waals surface area contributed by atoms with Crippen LogP contribution in [0.3, 0.4) is 0 Å². The van der Waals surface area contributed by atoms with Gasteiger partial charge in [-0.15, -0.1) is 0 Å². The summed E-state index contributed by atoms with van der Waals surface area (Å²) < 4.78 is 14.9. The van der Waals surface area contributed by atoms with Gasteiger partial charge in [0.05, 0.1) is 11.6 Å². The second-order valence-corrected chi connectivity index (χ2v) is 5.54. The third-order valence-corrected chi connectivity index (χ3v) is 3.79. The van der Waals surface area contributed by atoms with Crippen molar-refractivity contribution in [1.82, 2.24) is 4.90 Å². The van der Waals surface area contributed by atoms with Gasteiger partial charge in [-0.05, 0) is 30.8 Å². The first-order valence-corrected chi connectivity index (χ1v) is 7.00. The summed E-state index contributed by atoms with van der Waals surface area (Å²) >= 11 is 3.51. The summed E-state index contributed by atoms with van der Waals surface area (Å²) in [4.78, 5) is 2.03. The van der Waals surface area contributed by atoms with Gasteiger partial charge in [0.25, 0.3) is 0 Å². The average molecular weight is 333 g/mol. The molecule has 0 fully saturated rings. The third kappa shape index (κ3) is 3.66. The van der Waals surface area contributed by atoms with E-state index in [2.05, 4.69) is 15.9 Å². The molecule has 0 heterocycles. The van der Waals surface area contributed by atoms with Gasteiger partial charge in [0.2, 0.25) is 0 Å². The Labute approximate surface area is 126 Å². The van der Waals surface area contributed by atoms with Crippen LogP contribution in [0.15, 0.2) is 46.9 Å². The lowest BCUT2D eigenvalue weighted by atomic mass is 10.1. The normalized spacial score (nSPS) is 10.6. The minimum atomic E-state index is -0.331. The Hall–Kier alpha value is -1.70. The van der Waals surface area contributed by atoms with Crippen LogP contribution in [0.4, 0.5) is 4.39 Å². The van der Waals surface area contributed by atoms with E-state index in [4.69, 9.17) is 5.26 Å². The molecule has 0 bridgehead atoms. The van der Waals surface area contributed by atoms with Gasteiger partial charge in [-0.2, -0.15) is 5.26 Å². The molecule has 0 unspecified atom stereocenters. The highest BCUT2D eigenvalue weighted by atomic mass is 79.9. The van der Waals surface area contributed by atoms with Gasteiger partial charge in [-0.1, -0.05) is 40.2 Å². The van der Waals surface area contributed by atoms with E-state index >= 15 is 0 Å². The Bertz CT molecular complexity index is 649. The molecule has 20 heavy (non-hydrogen) atoms. The van der Waals surface area contributed by atoms with Crippen molar-refractivity contribution in [2.24, 2.45) is 0 Å². The number of nitrogens with zero attached hydrogens (tertiary/aromatic N) is 2. The van der Waals surface area contributed by atoms with Crippen LogP contribution >= 0.6 is 15.9 Å². The predicted octanol–water partition coefficient (Wildman–Crippen LogP) is 4.09. The lowest BCUT2D eigenvalue weighted by Gasteiger charge is -2.18. The lowest BCUT2D eigenvalue weighted by molar-refractivity contribution is 0.313. The Balaban J connectivity index is 2.07. The molecule has 2 nitrogen and oxygen atoms in total. The molecule has 0 N–H and O–H groups in total. The maximum atomic E-state index is 13.8. The minimum absolute atomic E-state index is 0.331. The molecular formula is C16H14BrFN2. The van der Waals surface area contributed by atoms with E-state index < -0.39 is 0 Å². The molecular weight excluding hydrogens is 319 g/mol. The van der Waals surface area contributed by atoms with Crippen molar-refractivity contribution in [3.63, 3.8) is 0 Å². The fraction of sp³-hybridized carbons (Fsp3) is 0.188. The Morgan fingerprint density at radius 1 is 1.15 bits per heavy atom. The lowest BCUT2D eigenvalue weighted by Crippen LogP contribution is -2.18. The van der Waals surface area contributed by atoms with Crippen molar-refractivity contribution >= 4 is 15.9 Å². The maximum Gasteiger partial charge on any atom is 0.129 e. The van der Waals surface area contributed by atoms with E-state index in [9.17, 15) is 4.39 Å². The molecule has 2 rings (SSSR count). The van der Waals surface area contributed by atoms with Gasteiger partial charge in [0.15, 0.2) is 0 Å². The average Bonchev–Trinajstić information content (AvgIpc) is 2.43. The zero-order valence-corrected chi connectivity index (χ0v) is 12.7.